The Morgan fingerprint density at radius 3 is 2.52 bits per heavy atom. The van der Waals surface area contributed by atoms with Crippen LogP contribution in [0.1, 0.15) is 55.3 Å². The number of carbonyl (C=O) groups excluding carboxylic acids is 1. The zero-order chi connectivity index (χ0) is 18.7. The standard InChI is InChI=1S/C19H29N3O3S.ClH/c1-22(16-7-3-2-4-8-16)26(24,25)17-9-5-6-15(12-17)19(23)21-13-18(20)14-10-11-14;/h5-6,9,12,14,16,18H,2-4,7-8,10-11,13,20H2,1H3,(H,21,23);1H. The number of nitrogens with one attached hydrogen (secondary N) is 1. The summed E-state index contributed by atoms with van der Waals surface area (Å²) in [7, 11) is -1.96. The topological polar surface area (TPSA) is 92.5 Å². The van der Waals surface area contributed by atoms with Gasteiger partial charge in [0.2, 0.25) is 10.0 Å². The van der Waals surface area contributed by atoms with E-state index in [0.717, 1.165) is 38.5 Å². The fourth-order valence-corrected chi connectivity index (χ4v) is 5.07. The van der Waals surface area contributed by atoms with Crippen molar-refractivity contribution in [2.45, 2.75) is 61.9 Å². The number of hydrogen-bond acceptors (Lipinski definition) is 4. The highest BCUT2D eigenvalue weighted by atomic mass is 35.5. The molecule has 3 rings (SSSR count). The van der Waals surface area contributed by atoms with Gasteiger partial charge in [-0.25, -0.2) is 8.42 Å². The van der Waals surface area contributed by atoms with E-state index in [9.17, 15) is 13.2 Å². The molecule has 0 spiro atoms. The molecule has 1 aromatic rings. The van der Waals surface area contributed by atoms with Crippen LogP contribution in [0, 0.1) is 5.92 Å². The predicted octanol–water partition coefficient (Wildman–Crippen LogP) is 2.53. The van der Waals surface area contributed by atoms with E-state index in [-0.39, 0.29) is 35.3 Å². The summed E-state index contributed by atoms with van der Waals surface area (Å²) in [4.78, 5) is 12.5. The van der Waals surface area contributed by atoms with Gasteiger partial charge in [0.25, 0.3) is 5.91 Å². The van der Waals surface area contributed by atoms with Crippen LogP contribution in [-0.2, 0) is 10.0 Å². The van der Waals surface area contributed by atoms with Gasteiger partial charge in [0.1, 0.15) is 0 Å². The molecule has 27 heavy (non-hydrogen) atoms. The second-order valence-corrected chi connectivity index (χ2v) is 9.55. The highest BCUT2D eigenvalue weighted by Gasteiger charge is 2.30. The first-order valence-corrected chi connectivity index (χ1v) is 11.0. The number of carbonyl (C=O) groups is 1. The monoisotopic (exact) mass is 415 g/mol. The summed E-state index contributed by atoms with van der Waals surface area (Å²) in [6.07, 6.45) is 7.34. The van der Waals surface area contributed by atoms with Crippen molar-refractivity contribution >= 4 is 28.3 Å². The molecule has 3 N–H and O–H groups in total. The molecule has 2 aliphatic rings. The first kappa shape index (κ1) is 22.1. The Kier molecular flexibility index (Phi) is 7.68. The maximum absolute atomic E-state index is 12.9. The maximum Gasteiger partial charge on any atom is 0.251 e. The molecular weight excluding hydrogens is 386 g/mol. The molecule has 2 aliphatic carbocycles. The van der Waals surface area contributed by atoms with E-state index in [1.54, 1.807) is 25.2 Å². The third-order valence-electron chi connectivity index (χ3n) is 5.59. The number of rotatable bonds is 7. The van der Waals surface area contributed by atoms with Gasteiger partial charge in [0, 0.05) is 31.2 Å². The van der Waals surface area contributed by atoms with Gasteiger partial charge in [0.05, 0.1) is 4.90 Å². The predicted molar refractivity (Wildman–Crippen MR) is 109 cm³/mol. The van der Waals surface area contributed by atoms with Crippen molar-refractivity contribution in [1.29, 1.82) is 0 Å². The summed E-state index contributed by atoms with van der Waals surface area (Å²) in [5.41, 5.74) is 6.36. The zero-order valence-corrected chi connectivity index (χ0v) is 17.4. The quantitative estimate of drug-likeness (QED) is 0.715. The highest BCUT2D eigenvalue weighted by Crippen LogP contribution is 2.31. The third kappa shape index (κ3) is 5.44. The Hall–Kier alpha value is -1.15. The average Bonchev–Trinajstić information content (AvgIpc) is 3.51. The van der Waals surface area contributed by atoms with E-state index in [1.165, 1.54) is 16.8 Å². The molecule has 2 fully saturated rings. The minimum absolute atomic E-state index is 0. The van der Waals surface area contributed by atoms with Crippen LogP contribution in [0.5, 0.6) is 0 Å². The van der Waals surface area contributed by atoms with Crippen molar-refractivity contribution in [2.75, 3.05) is 13.6 Å². The molecule has 0 aromatic heterocycles. The number of sulfonamides is 1. The summed E-state index contributed by atoms with van der Waals surface area (Å²) in [6.45, 7) is 0.419. The molecule has 1 unspecified atom stereocenters. The highest BCUT2D eigenvalue weighted by molar-refractivity contribution is 7.89. The van der Waals surface area contributed by atoms with E-state index in [2.05, 4.69) is 5.32 Å². The normalized spacial score (nSPS) is 19.4. The Labute approximate surface area is 168 Å². The largest absolute Gasteiger partial charge is 0.350 e. The molecule has 0 heterocycles. The summed E-state index contributed by atoms with van der Waals surface area (Å²) in [5.74, 6) is 0.227. The second kappa shape index (κ2) is 9.37. The molecule has 0 saturated heterocycles. The number of hydrogen-bond donors (Lipinski definition) is 2. The van der Waals surface area contributed by atoms with Crippen LogP contribution < -0.4 is 11.1 Å². The lowest BCUT2D eigenvalue weighted by molar-refractivity contribution is 0.0950. The molecule has 152 valence electrons. The summed E-state index contributed by atoms with van der Waals surface area (Å²) < 4.78 is 27.4. The van der Waals surface area contributed by atoms with Gasteiger partial charge in [-0.1, -0.05) is 25.3 Å². The molecular formula is C19H30ClN3O3S. The van der Waals surface area contributed by atoms with Crippen molar-refractivity contribution < 1.29 is 13.2 Å². The van der Waals surface area contributed by atoms with E-state index in [1.807, 2.05) is 0 Å². The summed E-state index contributed by atoms with van der Waals surface area (Å²) >= 11 is 0. The van der Waals surface area contributed by atoms with E-state index in [4.69, 9.17) is 5.73 Å². The van der Waals surface area contributed by atoms with Crippen molar-refractivity contribution in [2.24, 2.45) is 11.7 Å². The number of halogens is 1. The van der Waals surface area contributed by atoms with Crippen LogP contribution in [0.2, 0.25) is 0 Å². The lowest BCUT2D eigenvalue weighted by atomic mass is 9.96. The van der Waals surface area contributed by atoms with Crippen molar-refractivity contribution in [3.8, 4) is 0 Å². The molecule has 0 bridgehead atoms. The fraction of sp³-hybridized carbons (Fsp3) is 0.632. The first-order chi connectivity index (χ1) is 12.4. The molecule has 8 heteroatoms. The van der Waals surface area contributed by atoms with Crippen LogP contribution in [0.15, 0.2) is 29.2 Å². The minimum Gasteiger partial charge on any atom is -0.350 e. The molecule has 6 nitrogen and oxygen atoms in total. The molecule has 0 aliphatic heterocycles. The fourth-order valence-electron chi connectivity index (χ4n) is 3.61. The van der Waals surface area contributed by atoms with Gasteiger partial charge in [-0.3, -0.25) is 4.79 Å². The Morgan fingerprint density at radius 2 is 1.89 bits per heavy atom. The molecule has 0 radical (unpaired) electrons. The number of benzene rings is 1. The van der Waals surface area contributed by atoms with Crippen molar-refractivity contribution in [3.63, 3.8) is 0 Å². The zero-order valence-electron chi connectivity index (χ0n) is 15.8. The van der Waals surface area contributed by atoms with Crippen LogP contribution in [-0.4, -0.2) is 44.3 Å². The van der Waals surface area contributed by atoms with Crippen molar-refractivity contribution in [1.82, 2.24) is 9.62 Å². The SMILES string of the molecule is CN(C1CCCCC1)S(=O)(=O)c1cccc(C(=O)NCC(N)C2CC2)c1.Cl. The molecule has 1 atom stereocenters. The first-order valence-electron chi connectivity index (χ1n) is 9.51. The van der Waals surface area contributed by atoms with Crippen LogP contribution in [0.25, 0.3) is 0 Å². The second-order valence-electron chi connectivity index (χ2n) is 7.55. The molecule has 1 aromatic carbocycles. The molecule has 2 saturated carbocycles. The van der Waals surface area contributed by atoms with Gasteiger partial charge >= 0.3 is 0 Å². The minimum atomic E-state index is -3.60. The van der Waals surface area contributed by atoms with Gasteiger partial charge in [0.15, 0.2) is 0 Å². The van der Waals surface area contributed by atoms with Crippen molar-refractivity contribution in [3.05, 3.63) is 29.8 Å². The van der Waals surface area contributed by atoms with Gasteiger partial charge < -0.3 is 11.1 Å². The Bertz CT molecular complexity index is 746. The average molecular weight is 416 g/mol. The number of nitrogens with zero attached hydrogens (tertiary/aromatic N) is 1. The number of nitrogens with two attached hydrogens (primary N) is 1. The van der Waals surface area contributed by atoms with Crippen LogP contribution in [0.4, 0.5) is 0 Å². The Morgan fingerprint density at radius 1 is 1.22 bits per heavy atom. The van der Waals surface area contributed by atoms with E-state index in [0.29, 0.717) is 18.0 Å². The third-order valence-corrected chi connectivity index (χ3v) is 7.49. The maximum atomic E-state index is 12.9. The van der Waals surface area contributed by atoms with Crippen LogP contribution in [0.3, 0.4) is 0 Å². The van der Waals surface area contributed by atoms with E-state index >= 15 is 0 Å². The van der Waals surface area contributed by atoms with Crippen LogP contribution >= 0.6 is 12.4 Å². The Balaban J connectivity index is 0.00000261. The number of amides is 1. The summed E-state index contributed by atoms with van der Waals surface area (Å²) in [6, 6.07) is 6.30. The summed E-state index contributed by atoms with van der Waals surface area (Å²) in [5, 5.41) is 2.82. The van der Waals surface area contributed by atoms with Gasteiger partial charge in [-0.05, 0) is 49.8 Å². The smallest absolute Gasteiger partial charge is 0.251 e. The van der Waals surface area contributed by atoms with E-state index < -0.39 is 10.0 Å². The van der Waals surface area contributed by atoms with Gasteiger partial charge in [-0.2, -0.15) is 4.31 Å². The molecule has 1 amide bonds. The lowest BCUT2D eigenvalue weighted by Crippen LogP contribution is -2.39. The van der Waals surface area contributed by atoms with Gasteiger partial charge in [-0.15, -0.1) is 12.4 Å². The lowest BCUT2D eigenvalue weighted by Gasteiger charge is -2.30.